The Morgan fingerprint density at radius 3 is 2.95 bits per heavy atom. The predicted octanol–water partition coefficient (Wildman–Crippen LogP) is 2.98. The quantitative estimate of drug-likeness (QED) is 0.894. The second kappa shape index (κ2) is 6.73. The fourth-order valence-electron chi connectivity index (χ4n) is 3.14. The molecule has 1 aliphatic heterocycles. The highest BCUT2D eigenvalue weighted by Gasteiger charge is 2.38. The Morgan fingerprint density at radius 1 is 1.52 bits per heavy atom. The molecule has 2 N–H and O–H groups in total. The molecular formula is C17H23N3O. The minimum absolute atomic E-state index is 0.0404. The van der Waals surface area contributed by atoms with E-state index in [1.807, 2.05) is 19.1 Å². The van der Waals surface area contributed by atoms with Gasteiger partial charge in [-0.05, 0) is 44.4 Å². The van der Waals surface area contributed by atoms with E-state index in [9.17, 15) is 10.1 Å². The molecule has 0 aliphatic carbocycles. The van der Waals surface area contributed by atoms with Gasteiger partial charge in [-0.2, -0.15) is 5.26 Å². The standard InChI is InChI=1S/C17H23N3O/c1-3-8-17(9-5-10-19-12-17)16(21)20-15-7-4-6-13(2)14(15)11-18/h4,6-7,19H,3,5,8-10,12H2,1-2H3,(H,20,21). The summed E-state index contributed by atoms with van der Waals surface area (Å²) in [5.41, 5.74) is 1.73. The second-order valence-electron chi connectivity index (χ2n) is 5.87. The summed E-state index contributed by atoms with van der Waals surface area (Å²) in [6, 6.07) is 7.75. The molecule has 0 aromatic heterocycles. The van der Waals surface area contributed by atoms with Crippen molar-refractivity contribution in [2.45, 2.75) is 39.5 Å². The van der Waals surface area contributed by atoms with Crippen LogP contribution in [0, 0.1) is 23.7 Å². The summed E-state index contributed by atoms with van der Waals surface area (Å²) in [6.07, 6.45) is 3.79. The minimum atomic E-state index is -0.344. The van der Waals surface area contributed by atoms with Gasteiger partial charge in [0.1, 0.15) is 6.07 Å². The Bertz CT molecular complexity index is 548. The molecule has 1 amide bonds. The average molecular weight is 285 g/mol. The van der Waals surface area contributed by atoms with Crippen molar-refractivity contribution >= 4 is 11.6 Å². The van der Waals surface area contributed by atoms with Gasteiger partial charge in [0.05, 0.1) is 16.7 Å². The van der Waals surface area contributed by atoms with E-state index in [4.69, 9.17) is 0 Å². The van der Waals surface area contributed by atoms with Gasteiger partial charge < -0.3 is 10.6 Å². The van der Waals surface area contributed by atoms with Crippen LogP contribution in [0.5, 0.6) is 0 Å². The van der Waals surface area contributed by atoms with Crippen LogP contribution >= 0.6 is 0 Å². The number of nitriles is 1. The molecule has 1 atom stereocenters. The van der Waals surface area contributed by atoms with Gasteiger partial charge in [-0.25, -0.2) is 0 Å². The number of rotatable bonds is 4. The van der Waals surface area contributed by atoms with Crippen LogP contribution in [0.15, 0.2) is 18.2 Å². The third kappa shape index (κ3) is 3.25. The first-order chi connectivity index (χ1) is 10.1. The fraction of sp³-hybridized carbons (Fsp3) is 0.529. The molecule has 0 spiro atoms. The van der Waals surface area contributed by atoms with E-state index in [-0.39, 0.29) is 11.3 Å². The Balaban J connectivity index is 2.24. The highest BCUT2D eigenvalue weighted by Crippen LogP contribution is 2.33. The lowest BCUT2D eigenvalue weighted by Crippen LogP contribution is -2.48. The van der Waals surface area contributed by atoms with Crippen molar-refractivity contribution in [2.24, 2.45) is 5.41 Å². The van der Waals surface area contributed by atoms with Gasteiger partial charge in [0.25, 0.3) is 0 Å². The maximum absolute atomic E-state index is 12.8. The number of aryl methyl sites for hydroxylation is 1. The van der Waals surface area contributed by atoms with Crippen molar-refractivity contribution in [3.63, 3.8) is 0 Å². The maximum Gasteiger partial charge on any atom is 0.231 e. The van der Waals surface area contributed by atoms with Gasteiger partial charge in [-0.15, -0.1) is 0 Å². The molecule has 4 heteroatoms. The first-order valence-electron chi connectivity index (χ1n) is 7.65. The summed E-state index contributed by atoms with van der Waals surface area (Å²) in [4.78, 5) is 12.8. The minimum Gasteiger partial charge on any atom is -0.324 e. The molecule has 1 fully saturated rings. The summed E-state index contributed by atoms with van der Waals surface area (Å²) in [7, 11) is 0. The topological polar surface area (TPSA) is 64.9 Å². The summed E-state index contributed by atoms with van der Waals surface area (Å²) >= 11 is 0. The lowest BCUT2D eigenvalue weighted by atomic mass is 9.76. The van der Waals surface area contributed by atoms with Crippen molar-refractivity contribution in [3.8, 4) is 6.07 Å². The Kier molecular flexibility index (Phi) is 4.98. The Labute approximate surface area is 126 Å². The van der Waals surface area contributed by atoms with E-state index in [1.54, 1.807) is 6.07 Å². The smallest absolute Gasteiger partial charge is 0.231 e. The molecule has 0 radical (unpaired) electrons. The molecule has 1 heterocycles. The van der Waals surface area contributed by atoms with Crippen LogP contribution in [0.1, 0.15) is 43.7 Å². The zero-order valence-electron chi connectivity index (χ0n) is 12.8. The van der Waals surface area contributed by atoms with Crippen LogP contribution in [-0.4, -0.2) is 19.0 Å². The molecule has 21 heavy (non-hydrogen) atoms. The molecule has 4 nitrogen and oxygen atoms in total. The molecule has 1 aliphatic rings. The lowest BCUT2D eigenvalue weighted by Gasteiger charge is -2.36. The third-order valence-electron chi connectivity index (χ3n) is 4.32. The maximum atomic E-state index is 12.8. The number of hydrogen-bond donors (Lipinski definition) is 2. The number of amides is 1. The van der Waals surface area contributed by atoms with Crippen LogP contribution in [0.25, 0.3) is 0 Å². The molecule has 1 saturated heterocycles. The molecule has 0 bridgehead atoms. The molecule has 112 valence electrons. The van der Waals surface area contributed by atoms with Crippen LogP contribution in [0.2, 0.25) is 0 Å². The second-order valence-corrected chi connectivity index (χ2v) is 5.87. The molecule has 1 aromatic carbocycles. The first kappa shape index (κ1) is 15.5. The number of piperidine rings is 1. The van der Waals surface area contributed by atoms with E-state index < -0.39 is 0 Å². The van der Waals surface area contributed by atoms with Crippen LogP contribution in [0.4, 0.5) is 5.69 Å². The van der Waals surface area contributed by atoms with Crippen molar-refractivity contribution < 1.29 is 4.79 Å². The SMILES string of the molecule is CCCC1(C(=O)Nc2cccc(C)c2C#N)CCCNC1. The Morgan fingerprint density at radius 2 is 2.33 bits per heavy atom. The number of carbonyl (C=O) groups is 1. The van der Waals surface area contributed by atoms with Crippen molar-refractivity contribution in [1.82, 2.24) is 5.32 Å². The van der Waals surface area contributed by atoms with Gasteiger partial charge in [0.15, 0.2) is 0 Å². The predicted molar refractivity (Wildman–Crippen MR) is 84.0 cm³/mol. The van der Waals surface area contributed by atoms with Crippen LogP contribution in [0.3, 0.4) is 0 Å². The van der Waals surface area contributed by atoms with Crippen LogP contribution in [-0.2, 0) is 4.79 Å². The zero-order valence-corrected chi connectivity index (χ0v) is 12.8. The largest absolute Gasteiger partial charge is 0.324 e. The molecular weight excluding hydrogens is 262 g/mol. The van der Waals surface area contributed by atoms with E-state index in [1.165, 1.54) is 0 Å². The van der Waals surface area contributed by atoms with E-state index >= 15 is 0 Å². The molecule has 2 rings (SSSR count). The monoisotopic (exact) mass is 285 g/mol. The zero-order chi connectivity index (χ0) is 15.3. The number of benzene rings is 1. The molecule has 0 saturated carbocycles. The van der Waals surface area contributed by atoms with Crippen molar-refractivity contribution in [3.05, 3.63) is 29.3 Å². The first-order valence-corrected chi connectivity index (χ1v) is 7.65. The lowest BCUT2D eigenvalue weighted by molar-refractivity contribution is -0.127. The van der Waals surface area contributed by atoms with Gasteiger partial charge in [0, 0.05) is 6.54 Å². The highest BCUT2D eigenvalue weighted by molar-refractivity contribution is 5.96. The third-order valence-corrected chi connectivity index (χ3v) is 4.32. The number of carbonyl (C=O) groups excluding carboxylic acids is 1. The van der Waals surface area contributed by atoms with Crippen molar-refractivity contribution in [2.75, 3.05) is 18.4 Å². The summed E-state index contributed by atoms with van der Waals surface area (Å²) < 4.78 is 0. The normalized spacial score (nSPS) is 21.6. The van der Waals surface area contributed by atoms with Gasteiger partial charge >= 0.3 is 0 Å². The molecule has 1 unspecified atom stereocenters. The van der Waals surface area contributed by atoms with Gasteiger partial charge in [0.2, 0.25) is 5.91 Å². The van der Waals surface area contributed by atoms with E-state index in [2.05, 4.69) is 23.6 Å². The average Bonchev–Trinajstić information content (AvgIpc) is 2.49. The van der Waals surface area contributed by atoms with Crippen LogP contribution < -0.4 is 10.6 Å². The Hall–Kier alpha value is -1.86. The summed E-state index contributed by atoms with van der Waals surface area (Å²) in [5.74, 6) is 0.0404. The fourth-order valence-corrected chi connectivity index (χ4v) is 3.14. The van der Waals surface area contributed by atoms with Crippen molar-refractivity contribution in [1.29, 1.82) is 5.26 Å². The van der Waals surface area contributed by atoms with E-state index in [0.29, 0.717) is 11.3 Å². The summed E-state index contributed by atoms with van der Waals surface area (Å²) in [5, 5.41) is 15.6. The van der Waals surface area contributed by atoms with Gasteiger partial charge in [-0.3, -0.25) is 4.79 Å². The van der Waals surface area contributed by atoms with Gasteiger partial charge in [-0.1, -0.05) is 25.5 Å². The number of nitrogens with zero attached hydrogens (tertiary/aromatic N) is 1. The number of nitrogens with one attached hydrogen (secondary N) is 2. The molecule has 1 aromatic rings. The van der Waals surface area contributed by atoms with E-state index in [0.717, 1.165) is 44.3 Å². The number of hydrogen-bond acceptors (Lipinski definition) is 3. The number of anilines is 1. The summed E-state index contributed by atoms with van der Waals surface area (Å²) in [6.45, 7) is 5.70. The highest BCUT2D eigenvalue weighted by atomic mass is 16.2.